The highest BCUT2D eigenvalue weighted by atomic mass is 16.5. The monoisotopic (exact) mass is 486 g/mol. The summed E-state index contributed by atoms with van der Waals surface area (Å²) in [6.45, 7) is -0.351. The molecule has 2 heterocycles. The van der Waals surface area contributed by atoms with E-state index in [4.69, 9.17) is 18.3 Å². The van der Waals surface area contributed by atoms with E-state index in [2.05, 4.69) is 0 Å². The van der Waals surface area contributed by atoms with E-state index in [1.807, 2.05) is 0 Å². The Morgan fingerprint density at radius 3 is 1.50 bits per heavy atom. The lowest BCUT2D eigenvalue weighted by Crippen LogP contribution is -2.21. The molecule has 0 spiro atoms. The van der Waals surface area contributed by atoms with E-state index in [1.165, 1.54) is 0 Å². The van der Waals surface area contributed by atoms with E-state index in [0.717, 1.165) is 60.4 Å². The van der Waals surface area contributed by atoms with Gasteiger partial charge in [0, 0.05) is 11.1 Å². The molecule has 4 aromatic rings. The fourth-order valence-corrected chi connectivity index (χ4v) is 5.52. The average Bonchev–Trinajstić information content (AvgIpc) is 2.90. The van der Waals surface area contributed by atoms with Crippen molar-refractivity contribution in [2.45, 2.75) is 51.4 Å². The molecule has 0 aliphatic heterocycles. The number of carbonyl (C=O) groups is 1. The van der Waals surface area contributed by atoms with E-state index >= 15 is 0 Å². The summed E-state index contributed by atoms with van der Waals surface area (Å²) >= 11 is 0. The second kappa shape index (κ2) is 9.30. The Morgan fingerprint density at radius 1 is 0.639 bits per heavy atom. The SMILES string of the molecule is O=C(COc1cccc2oc(=O)c3c(c12)CCCC3)COc1cccc2oc(=O)c3c(c12)CCCC3. The zero-order chi connectivity index (χ0) is 24.6. The molecule has 0 fully saturated rings. The van der Waals surface area contributed by atoms with Gasteiger partial charge in [-0.1, -0.05) is 12.1 Å². The Bertz CT molecular complexity index is 1490. The minimum atomic E-state index is -0.285. The van der Waals surface area contributed by atoms with E-state index < -0.39 is 0 Å². The number of rotatable bonds is 6. The van der Waals surface area contributed by atoms with Crippen LogP contribution < -0.4 is 20.7 Å². The Balaban J connectivity index is 1.22. The van der Waals surface area contributed by atoms with Gasteiger partial charge in [-0.25, -0.2) is 9.59 Å². The Hall–Kier alpha value is -3.87. The maximum atomic E-state index is 12.8. The Kier molecular flexibility index (Phi) is 5.83. The summed E-state index contributed by atoms with van der Waals surface area (Å²) in [5.74, 6) is 0.828. The van der Waals surface area contributed by atoms with Crippen molar-refractivity contribution in [3.05, 3.63) is 79.5 Å². The predicted molar refractivity (Wildman–Crippen MR) is 134 cm³/mol. The van der Waals surface area contributed by atoms with E-state index in [9.17, 15) is 14.4 Å². The van der Waals surface area contributed by atoms with Crippen LogP contribution in [0.15, 0.2) is 54.8 Å². The third kappa shape index (κ3) is 3.98. The van der Waals surface area contributed by atoms with Crippen LogP contribution in [-0.2, 0) is 30.5 Å². The Morgan fingerprint density at radius 2 is 1.06 bits per heavy atom. The van der Waals surface area contributed by atoms with Gasteiger partial charge in [0.2, 0.25) is 5.78 Å². The molecule has 7 heteroatoms. The lowest BCUT2D eigenvalue weighted by atomic mass is 9.90. The van der Waals surface area contributed by atoms with Gasteiger partial charge in [-0.3, -0.25) is 4.79 Å². The lowest BCUT2D eigenvalue weighted by molar-refractivity contribution is -0.122. The first kappa shape index (κ1) is 22.6. The highest BCUT2D eigenvalue weighted by Gasteiger charge is 2.22. The van der Waals surface area contributed by atoms with Crippen molar-refractivity contribution in [2.24, 2.45) is 0 Å². The molecule has 2 aliphatic carbocycles. The predicted octanol–water partition coefficient (Wildman–Crippen LogP) is 4.68. The second-order valence-corrected chi connectivity index (χ2v) is 9.48. The second-order valence-electron chi connectivity index (χ2n) is 9.48. The number of aryl methyl sites for hydroxylation is 2. The van der Waals surface area contributed by atoms with Crippen LogP contribution in [0.3, 0.4) is 0 Å². The fraction of sp³-hybridized carbons (Fsp3) is 0.345. The van der Waals surface area contributed by atoms with E-state index in [1.54, 1.807) is 36.4 Å². The van der Waals surface area contributed by atoms with Crippen LogP contribution in [0.1, 0.15) is 47.9 Å². The van der Waals surface area contributed by atoms with Gasteiger partial charge in [-0.15, -0.1) is 0 Å². The number of benzene rings is 2. The van der Waals surface area contributed by atoms with Crippen molar-refractivity contribution in [3.8, 4) is 11.5 Å². The first-order chi connectivity index (χ1) is 17.6. The molecule has 0 amide bonds. The minimum Gasteiger partial charge on any atom is -0.485 e. The maximum absolute atomic E-state index is 12.8. The number of hydrogen-bond acceptors (Lipinski definition) is 7. The average molecular weight is 487 g/mol. The van der Waals surface area contributed by atoms with Crippen molar-refractivity contribution in [3.63, 3.8) is 0 Å². The van der Waals surface area contributed by atoms with Crippen molar-refractivity contribution in [1.82, 2.24) is 0 Å². The molecular weight excluding hydrogens is 460 g/mol. The molecule has 6 rings (SSSR count). The molecular formula is C29H26O7. The molecule has 2 aromatic heterocycles. The summed E-state index contributed by atoms with van der Waals surface area (Å²) in [5, 5.41) is 1.55. The molecule has 7 nitrogen and oxygen atoms in total. The summed E-state index contributed by atoms with van der Waals surface area (Å²) in [6, 6.07) is 10.6. The van der Waals surface area contributed by atoms with Gasteiger partial charge >= 0.3 is 11.3 Å². The van der Waals surface area contributed by atoms with Crippen molar-refractivity contribution >= 4 is 27.7 Å². The molecule has 2 aliphatic rings. The number of Topliss-reactive ketones (excluding diaryl/α,β-unsaturated/α-hetero) is 1. The zero-order valence-corrected chi connectivity index (χ0v) is 19.9. The number of ether oxygens (including phenoxy) is 2. The van der Waals surface area contributed by atoms with E-state index in [-0.39, 0.29) is 30.2 Å². The molecule has 36 heavy (non-hydrogen) atoms. The van der Waals surface area contributed by atoms with Crippen LogP contribution >= 0.6 is 0 Å². The highest BCUT2D eigenvalue weighted by Crippen LogP contribution is 2.35. The standard InChI is InChI=1S/C29H26O7/c30-17(15-33-22-11-5-13-24-26(22)18-7-1-3-9-20(18)28(31)35-24)16-34-23-12-6-14-25-27(23)19-8-2-4-10-21(19)29(32)36-25/h5-6,11-14H,1-4,7-10,15-16H2. The van der Waals surface area contributed by atoms with Gasteiger partial charge in [0.15, 0.2) is 13.2 Å². The van der Waals surface area contributed by atoms with Gasteiger partial charge in [-0.05, 0) is 86.8 Å². The van der Waals surface area contributed by atoms with Gasteiger partial charge in [0.05, 0.1) is 10.8 Å². The quantitative estimate of drug-likeness (QED) is 0.365. The molecule has 0 bridgehead atoms. The van der Waals surface area contributed by atoms with Crippen LogP contribution in [0.5, 0.6) is 11.5 Å². The van der Waals surface area contributed by atoms with Crippen LogP contribution in [0.25, 0.3) is 21.9 Å². The first-order valence-electron chi connectivity index (χ1n) is 12.5. The zero-order valence-electron chi connectivity index (χ0n) is 19.9. The van der Waals surface area contributed by atoms with Crippen molar-refractivity contribution < 1.29 is 23.1 Å². The number of hydrogen-bond donors (Lipinski definition) is 0. The molecule has 0 unspecified atom stereocenters. The van der Waals surface area contributed by atoms with E-state index in [0.29, 0.717) is 46.6 Å². The lowest BCUT2D eigenvalue weighted by Gasteiger charge is -2.19. The molecule has 2 aromatic carbocycles. The smallest absolute Gasteiger partial charge is 0.339 e. The largest absolute Gasteiger partial charge is 0.485 e. The highest BCUT2D eigenvalue weighted by molar-refractivity contribution is 5.90. The number of fused-ring (bicyclic) bond motifs is 6. The summed E-state index contributed by atoms with van der Waals surface area (Å²) in [5.41, 5.74) is 3.74. The molecule has 0 atom stereocenters. The van der Waals surface area contributed by atoms with Gasteiger partial charge < -0.3 is 18.3 Å². The van der Waals surface area contributed by atoms with Crippen molar-refractivity contribution in [1.29, 1.82) is 0 Å². The normalized spacial score (nSPS) is 14.9. The number of carbonyl (C=O) groups excluding carboxylic acids is 1. The van der Waals surface area contributed by atoms with Crippen LogP contribution in [0, 0.1) is 0 Å². The first-order valence-corrected chi connectivity index (χ1v) is 12.5. The maximum Gasteiger partial charge on any atom is 0.339 e. The molecule has 0 radical (unpaired) electrons. The summed E-state index contributed by atoms with van der Waals surface area (Å²) in [4.78, 5) is 37.5. The van der Waals surface area contributed by atoms with Gasteiger partial charge in [0.1, 0.15) is 22.7 Å². The minimum absolute atomic E-state index is 0.176. The molecule has 0 N–H and O–H groups in total. The fourth-order valence-electron chi connectivity index (χ4n) is 5.52. The summed E-state index contributed by atoms with van der Waals surface area (Å²) in [6.07, 6.45) is 6.90. The topological polar surface area (TPSA) is 95.9 Å². The molecule has 0 saturated carbocycles. The molecule has 184 valence electrons. The molecule has 0 saturated heterocycles. The summed E-state index contributed by atoms with van der Waals surface area (Å²) < 4.78 is 22.9. The van der Waals surface area contributed by atoms with Gasteiger partial charge in [0.25, 0.3) is 0 Å². The van der Waals surface area contributed by atoms with Crippen LogP contribution in [-0.4, -0.2) is 19.0 Å². The summed E-state index contributed by atoms with van der Waals surface area (Å²) in [7, 11) is 0. The third-order valence-electron chi connectivity index (χ3n) is 7.19. The Labute approximate surface area is 206 Å². The van der Waals surface area contributed by atoms with Crippen LogP contribution in [0.4, 0.5) is 0 Å². The third-order valence-corrected chi connectivity index (χ3v) is 7.19. The van der Waals surface area contributed by atoms with Gasteiger partial charge in [-0.2, -0.15) is 0 Å². The number of ketones is 1. The van der Waals surface area contributed by atoms with Crippen LogP contribution in [0.2, 0.25) is 0 Å². The van der Waals surface area contributed by atoms with Crippen molar-refractivity contribution in [2.75, 3.05) is 13.2 Å².